The van der Waals surface area contributed by atoms with Crippen LogP contribution in [-0.2, 0) is 9.53 Å². The van der Waals surface area contributed by atoms with E-state index in [9.17, 15) is 9.59 Å². The zero-order valence-corrected chi connectivity index (χ0v) is 20.2. The van der Waals surface area contributed by atoms with Gasteiger partial charge in [-0.3, -0.25) is 4.79 Å². The Morgan fingerprint density at radius 3 is 2.09 bits per heavy atom. The summed E-state index contributed by atoms with van der Waals surface area (Å²) in [6.07, 6.45) is 0. The highest BCUT2D eigenvalue weighted by Gasteiger charge is 2.24. The second kappa shape index (κ2) is 10.0. The maximum absolute atomic E-state index is 12.8. The molecule has 34 heavy (non-hydrogen) atoms. The number of nitrogens with zero attached hydrogens (tertiary/aromatic N) is 3. The van der Waals surface area contributed by atoms with Crippen LogP contribution >= 0.6 is 0 Å². The predicted molar refractivity (Wildman–Crippen MR) is 132 cm³/mol. The van der Waals surface area contributed by atoms with Crippen molar-refractivity contribution in [2.45, 2.75) is 20.8 Å². The van der Waals surface area contributed by atoms with Gasteiger partial charge in [0, 0.05) is 48.9 Å². The van der Waals surface area contributed by atoms with Gasteiger partial charge in [0.05, 0.1) is 12.7 Å². The van der Waals surface area contributed by atoms with Gasteiger partial charge in [0.2, 0.25) is 0 Å². The molecular formula is C27H31N3O4. The number of methoxy groups -OCH3 is 1. The van der Waals surface area contributed by atoms with Crippen LogP contribution in [0.1, 0.15) is 27.3 Å². The lowest BCUT2D eigenvalue weighted by Gasteiger charge is -2.36. The van der Waals surface area contributed by atoms with Crippen molar-refractivity contribution in [3.05, 3.63) is 77.1 Å². The Bertz CT molecular complexity index is 1160. The number of benzene rings is 2. The second-order valence-electron chi connectivity index (χ2n) is 8.60. The Kier molecular flexibility index (Phi) is 6.91. The maximum Gasteiger partial charge on any atom is 0.340 e. The number of rotatable bonds is 6. The quantitative estimate of drug-likeness (QED) is 0.521. The van der Waals surface area contributed by atoms with Crippen LogP contribution in [0.3, 0.4) is 0 Å². The van der Waals surface area contributed by atoms with E-state index in [4.69, 9.17) is 9.47 Å². The van der Waals surface area contributed by atoms with Crippen LogP contribution in [0.25, 0.3) is 5.69 Å². The standard InChI is InChI=1S/C27H31N3O4/c1-19-5-7-23(8-6-19)30-20(2)17-25(21(30)3)27(32)34-18-26(31)29-15-13-28(14-16-29)22-9-11-24(33-4)12-10-22/h5-12,17H,13-16,18H2,1-4H3. The van der Waals surface area contributed by atoms with Crippen molar-refractivity contribution in [2.24, 2.45) is 0 Å². The Hall–Kier alpha value is -3.74. The molecule has 0 atom stereocenters. The van der Waals surface area contributed by atoms with Crippen LogP contribution in [0.15, 0.2) is 54.6 Å². The number of hydrogen-bond acceptors (Lipinski definition) is 5. The molecule has 1 amide bonds. The first-order valence-electron chi connectivity index (χ1n) is 11.5. The number of anilines is 1. The monoisotopic (exact) mass is 461 g/mol. The molecule has 4 rings (SSSR count). The zero-order valence-electron chi connectivity index (χ0n) is 20.2. The van der Waals surface area contributed by atoms with E-state index < -0.39 is 5.97 Å². The normalized spacial score (nSPS) is 13.6. The van der Waals surface area contributed by atoms with E-state index in [1.165, 1.54) is 5.56 Å². The third-order valence-corrected chi connectivity index (χ3v) is 6.34. The van der Waals surface area contributed by atoms with Crippen LogP contribution in [0.5, 0.6) is 5.75 Å². The number of piperazine rings is 1. The van der Waals surface area contributed by atoms with Gasteiger partial charge in [0.25, 0.3) is 5.91 Å². The van der Waals surface area contributed by atoms with E-state index in [1.807, 2.05) is 79.9 Å². The van der Waals surface area contributed by atoms with Gasteiger partial charge < -0.3 is 23.8 Å². The molecule has 0 radical (unpaired) electrons. The molecule has 0 bridgehead atoms. The molecule has 1 saturated heterocycles. The van der Waals surface area contributed by atoms with E-state index in [0.29, 0.717) is 18.7 Å². The van der Waals surface area contributed by atoms with Crippen LogP contribution in [0.2, 0.25) is 0 Å². The fourth-order valence-corrected chi connectivity index (χ4v) is 4.36. The summed E-state index contributed by atoms with van der Waals surface area (Å²) in [4.78, 5) is 29.4. The molecule has 0 unspecified atom stereocenters. The van der Waals surface area contributed by atoms with Crippen molar-refractivity contribution in [1.29, 1.82) is 0 Å². The molecule has 3 aromatic rings. The summed E-state index contributed by atoms with van der Waals surface area (Å²) in [6.45, 7) is 8.26. The highest BCUT2D eigenvalue weighted by atomic mass is 16.5. The first kappa shape index (κ1) is 23.4. The summed E-state index contributed by atoms with van der Waals surface area (Å²) in [5.41, 5.74) is 5.49. The first-order chi connectivity index (χ1) is 16.4. The van der Waals surface area contributed by atoms with Crippen molar-refractivity contribution in [3.63, 3.8) is 0 Å². The average Bonchev–Trinajstić information content (AvgIpc) is 3.16. The maximum atomic E-state index is 12.8. The number of carbonyl (C=O) groups excluding carboxylic acids is 2. The van der Waals surface area contributed by atoms with E-state index >= 15 is 0 Å². The van der Waals surface area contributed by atoms with Crippen LogP contribution < -0.4 is 9.64 Å². The summed E-state index contributed by atoms with van der Waals surface area (Å²) >= 11 is 0. The minimum atomic E-state index is -0.475. The third kappa shape index (κ3) is 4.93. The zero-order chi connectivity index (χ0) is 24.2. The minimum absolute atomic E-state index is 0.171. The Morgan fingerprint density at radius 1 is 0.853 bits per heavy atom. The van der Waals surface area contributed by atoms with Crippen molar-refractivity contribution >= 4 is 17.6 Å². The van der Waals surface area contributed by atoms with Gasteiger partial charge in [-0.2, -0.15) is 0 Å². The number of carbonyl (C=O) groups is 2. The Balaban J connectivity index is 1.32. The number of amides is 1. The molecular weight excluding hydrogens is 430 g/mol. The lowest BCUT2D eigenvalue weighted by molar-refractivity contribution is -0.134. The number of ether oxygens (including phenoxy) is 2. The molecule has 1 aromatic heterocycles. The summed E-state index contributed by atoms with van der Waals surface area (Å²) < 4.78 is 12.6. The van der Waals surface area contributed by atoms with Crippen molar-refractivity contribution in [2.75, 3.05) is 44.8 Å². The molecule has 7 heteroatoms. The van der Waals surface area contributed by atoms with Crippen LogP contribution in [-0.4, -0.2) is 61.2 Å². The van der Waals surface area contributed by atoms with E-state index in [-0.39, 0.29) is 12.5 Å². The van der Waals surface area contributed by atoms with Crippen LogP contribution in [0, 0.1) is 20.8 Å². The number of esters is 1. The molecule has 7 nitrogen and oxygen atoms in total. The van der Waals surface area contributed by atoms with Gasteiger partial charge in [-0.05, 0) is 63.2 Å². The van der Waals surface area contributed by atoms with Gasteiger partial charge in [-0.25, -0.2) is 4.79 Å². The number of aryl methyl sites for hydroxylation is 2. The Morgan fingerprint density at radius 2 is 1.47 bits per heavy atom. The molecule has 2 heterocycles. The van der Waals surface area contributed by atoms with E-state index in [2.05, 4.69) is 4.90 Å². The smallest absolute Gasteiger partial charge is 0.340 e. The lowest BCUT2D eigenvalue weighted by Crippen LogP contribution is -2.49. The second-order valence-corrected chi connectivity index (χ2v) is 8.60. The largest absolute Gasteiger partial charge is 0.497 e. The van der Waals surface area contributed by atoms with Gasteiger partial charge in [-0.15, -0.1) is 0 Å². The molecule has 0 N–H and O–H groups in total. The summed E-state index contributed by atoms with van der Waals surface area (Å²) in [5.74, 6) is 0.172. The number of hydrogen-bond donors (Lipinski definition) is 0. The minimum Gasteiger partial charge on any atom is -0.497 e. The highest BCUT2D eigenvalue weighted by molar-refractivity contribution is 5.93. The average molecular weight is 462 g/mol. The molecule has 1 fully saturated rings. The fraction of sp³-hybridized carbons (Fsp3) is 0.333. The Labute approximate surface area is 200 Å². The van der Waals surface area contributed by atoms with Gasteiger partial charge in [0.1, 0.15) is 5.75 Å². The summed E-state index contributed by atoms with van der Waals surface area (Å²) in [7, 11) is 1.65. The van der Waals surface area contributed by atoms with Gasteiger partial charge in [0.15, 0.2) is 6.61 Å². The lowest BCUT2D eigenvalue weighted by atomic mass is 10.2. The molecule has 0 spiro atoms. The van der Waals surface area contributed by atoms with Crippen molar-refractivity contribution in [3.8, 4) is 11.4 Å². The third-order valence-electron chi connectivity index (χ3n) is 6.34. The van der Waals surface area contributed by atoms with Gasteiger partial charge in [-0.1, -0.05) is 17.7 Å². The molecule has 2 aromatic carbocycles. The molecule has 178 valence electrons. The highest BCUT2D eigenvalue weighted by Crippen LogP contribution is 2.23. The van der Waals surface area contributed by atoms with E-state index in [1.54, 1.807) is 12.0 Å². The fourth-order valence-electron chi connectivity index (χ4n) is 4.36. The molecule has 1 aliphatic heterocycles. The van der Waals surface area contributed by atoms with Gasteiger partial charge >= 0.3 is 5.97 Å². The number of aromatic nitrogens is 1. The predicted octanol–water partition coefficient (Wildman–Crippen LogP) is 3.92. The van der Waals surface area contributed by atoms with Crippen LogP contribution in [0.4, 0.5) is 5.69 Å². The molecule has 0 aliphatic carbocycles. The van der Waals surface area contributed by atoms with E-state index in [0.717, 1.165) is 41.6 Å². The summed E-state index contributed by atoms with van der Waals surface area (Å²) in [6, 6.07) is 17.9. The van der Waals surface area contributed by atoms with Crippen molar-refractivity contribution in [1.82, 2.24) is 9.47 Å². The molecule has 1 aliphatic rings. The first-order valence-corrected chi connectivity index (χ1v) is 11.5. The summed E-state index contributed by atoms with van der Waals surface area (Å²) in [5, 5.41) is 0. The topological polar surface area (TPSA) is 64.0 Å². The SMILES string of the molecule is COc1ccc(N2CCN(C(=O)COC(=O)c3cc(C)n(-c4ccc(C)cc4)c3C)CC2)cc1. The van der Waals surface area contributed by atoms with Crippen molar-refractivity contribution < 1.29 is 19.1 Å². The molecule has 0 saturated carbocycles.